The first kappa shape index (κ1) is 23.1. The summed E-state index contributed by atoms with van der Waals surface area (Å²) in [5.41, 5.74) is 3.51. The van der Waals surface area contributed by atoms with Crippen molar-refractivity contribution in [3.8, 4) is 0 Å². The van der Waals surface area contributed by atoms with E-state index in [1.807, 2.05) is 43.3 Å². The van der Waals surface area contributed by atoms with E-state index in [1.165, 1.54) is 23.9 Å². The molecule has 32 heavy (non-hydrogen) atoms. The van der Waals surface area contributed by atoms with Crippen molar-refractivity contribution in [2.24, 2.45) is 0 Å². The van der Waals surface area contributed by atoms with Crippen LogP contribution in [0.1, 0.15) is 38.8 Å². The van der Waals surface area contributed by atoms with Crippen LogP contribution in [0.2, 0.25) is 0 Å². The zero-order valence-corrected chi connectivity index (χ0v) is 18.8. The summed E-state index contributed by atoms with van der Waals surface area (Å²) < 4.78 is 0. The number of hydrogen-bond acceptors (Lipinski definition) is 4. The number of aromatic carboxylic acids is 1. The van der Waals surface area contributed by atoms with Crippen LogP contribution < -0.4 is 10.6 Å². The molecule has 0 radical (unpaired) electrons. The number of carbonyl (C=O) groups is 3. The summed E-state index contributed by atoms with van der Waals surface area (Å²) in [5, 5.41) is 14.4. The lowest BCUT2D eigenvalue weighted by Crippen LogP contribution is -2.23. The molecule has 3 aromatic rings. The van der Waals surface area contributed by atoms with E-state index in [4.69, 9.17) is 5.11 Å². The van der Waals surface area contributed by atoms with Gasteiger partial charge in [-0.3, -0.25) is 9.59 Å². The molecule has 3 rings (SSSR count). The summed E-state index contributed by atoms with van der Waals surface area (Å²) in [7, 11) is 0. The summed E-state index contributed by atoms with van der Waals surface area (Å²) >= 11 is 1.35. The minimum absolute atomic E-state index is 0.114. The SMILES string of the molecule is Cc1ccc(C(=O)O)cc1NC(=O)C(C)Sc1cccc(NC(=O)c2ccccc2C)c1. The van der Waals surface area contributed by atoms with Crippen molar-refractivity contribution in [1.82, 2.24) is 0 Å². The minimum atomic E-state index is -1.05. The zero-order chi connectivity index (χ0) is 23.3. The van der Waals surface area contributed by atoms with Crippen molar-refractivity contribution in [1.29, 1.82) is 0 Å². The Hall–Kier alpha value is -3.58. The quantitative estimate of drug-likeness (QED) is 0.422. The third-order valence-corrected chi connectivity index (χ3v) is 6.00. The van der Waals surface area contributed by atoms with Gasteiger partial charge < -0.3 is 15.7 Å². The third kappa shape index (κ3) is 5.76. The summed E-state index contributed by atoms with van der Waals surface area (Å²) in [5.74, 6) is -1.48. The van der Waals surface area contributed by atoms with Crippen LogP contribution in [0.15, 0.2) is 71.6 Å². The molecule has 0 fully saturated rings. The summed E-state index contributed by atoms with van der Waals surface area (Å²) in [6, 6.07) is 19.3. The molecular weight excluding hydrogens is 424 g/mol. The molecule has 2 amide bonds. The molecule has 0 bridgehead atoms. The molecule has 0 aromatic heterocycles. The molecule has 6 nitrogen and oxygen atoms in total. The third-order valence-electron chi connectivity index (χ3n) is 4.91. The van der Waals surface area contributed by atoms with Crippen molar-refractivity contribution in [2.45, 2.75) is 30.9 Å². The zero-order valence-electron chi connectivity index (χ0n) is 18.0. The molecule has 0 saturated carbocycles. The molecule has 0 heterocycles. The molecule has 1 unspecified atom stereocenters. The monoisotopic (exact) mass is 448 g/mol. The van der Waals surface area contributed by atoms with E-state index < -0.39 is 11.2 Å². The number of rotatable bonds is 7. The van der Waals surface area contributed by atoms with Gasteiger partial charge in [-0.05, 0) is 68.3 Å². The van der Waals surface area contributed by atoms with Crippen LogP contribution in [0, 0.1) is 13.8 Å². The van der Waals surface area contributed by atoms with Gasteiger partial charge in [0.15, 0.2) is 0 Å². The maximum absolute atomic E-state index is 12.7. The van der Waals surface area contributed by atoms with Crippen LogP contribution in [-0.2, 0) is 4.79 Å². The lowest BCUT2D eigenvalue weighted by atomic mass is 10.1. The number of thioether (sulfide) groups is 1. The van der Waals surface area contributed by atoms with E-state index in [0.29, 0.717) is 16.9 Å². The molecule has 0 spiro atoms. The van der Waals surface area contributed by atoms with Crippen molar-refractivity contribution in [2.75, 3.05) is 10.6 Å². The molecular formula is C25H24N2O4S. The average Bonchev–Trinajstić information content (AvgIpc) is 2.75. The standard InChI is InChI=1S/C25H24N2O4S/c1-15-7-4-5-10-21(15)24(29)26-19-8-6-9-20(14-19)32-17(3)23(28)27-22-13-18(25(30)31)12-11-16(22)2/h4-14,17H,1-3H3,(H,26,29)(H,27,28)(H,30,31). The highest BCUT2D eigenvalue weighted by Crippen LogP contribution is 2.27. The van der Waals surface area contributed by atoms with E-state index in [-0.39, 0.29) is 17.4 Å². The molecule has 3 N–H and O–H groups in total. The first-order valence-electron chi connectivity index (χ1n) is 10.0. The van der Waals surface area contributed by atoms with Gasteiger partial charge in [0.05, 0.1) is 10.8 Å². The highest BCUT2D eigenvalue weighted by molar-refractivity contribution is 8.00. The first-order chi connectivity index (χ1) is 15.2. The van der Waals surface area contributed by atoms with E-state index in [1.54, 1.807) is 32.0 Å². The highest BCUT2D eigenvalue weighted by Gasteiger charge is 2.17. The van der Waals surface area contributed by atoms with Crippen molar-refractivity contribution in [3.63, 3.8) is 0 Å². The van der Waals surface area contributed by atoms with Crippen LogP contribution >= 0.6 is 11.8 Å². The van der Waals surface area contributed by atoms with E-state index in [0.717, 1.165) is 16.0 Å². The van der Waals surface area contributed by atoms with Gasteiger partial charge >= 0.3 is 5.97 Å². The minimum Gasteiger partial charge on any atom is -0.478 e. The molecule has 3 aromatic carbocycles. The van der Waals surface area contributed by atoms with Gasteiger partial charge in [-0.15, -0.1) is 11.8 Å². The number of carboxylic acids is 1. The molecule has 7 heteroatoms. The fraction of sp³-hybridized carbons (Fsp3) is 0.160. The number of benzene rings is 3. The van der Waals surface area contributed by atoms with Crippen LogP contribution in [0.3, 0.4) is 0 Å². The number of anilines is 2. The summed E-state index contributed by atoms with van der Waals surface area (Å²) in [4.78, 5) is 37.3. The largest absolute Gasteiger partial charge is 0.478 e. The smallest absolute Gasteiger partial charge is 0.335 e. The topological polar surface area (TPSA) is 95.5 Å². The maximum Gasteiger partial charge on any atom is 0.335 e. The van der Waals surface area contributed by atoms with Crippen molar-refractivity contribution in [3.05, 3.63) is 89.0 Å². The van der Waals surface area contributed by atoms with Gasteiger partial charge in [0.1, 0.15) is 0 Å². The number of aryl methyl sites for hydroxylation is 2. The number of amides is 2. The van der Waals surface area contributed by atoms with Gasteiger partial charge in [0, 0.05) is 21.8 Å². The fourth-order valence-electron chi connectivity index (χ4n) is 3.05. The van der Waals surface area contributed by atoms with Crippen LogP contribution in [0.5, 0.6) is 0 Å². The second-order valence-corrected chi connectivity index (χ2v) is 8.80. The van der Waals surface area contributed by atoms with Gasteiger partial charge in [-0.25, -0.2) is 4.79 Å². The predicted octanol–water partition coefficient (Wildman–Crippen LogP) is 5.37. The Morgan fingerprint density at radius 1 is 0.875 bits per heavy atom. The van der Waals surface area contributed by atoms with E-state index >= 15 is 0 Å². The Morgan fingerprint density at radius 3 is 2.34 bits per heavy atom. The van der Waals surface area contributed by atoms with Gasteiger partial charge in [-0.2, -0.15) is 0 Å². The Kier molecular flexibility index (Phi) is 7.33. The Labute approximate surface area is 191 Å². The van der Waals surface area contributed by atoms with Gasteiger partial charge in [0.25, 0.3) is 5.91 Å². The summed E-state index contributed by atoms with van der Waals surface area (Å²) in [6.07, 6.45) is 0. The van der Waals surface area contributed by atoms with Crippen LogP contribution in [0.4, 0.5) is 11.4 Å². The number of hydrogen-bond donors (Lipinski definition) is 3. The maximum atomic E-state index is 12.7. The Bertz CT molecular complexity index is 1180. The number of nitrogens with one attached hydrogen (secondary N) is 2. The van der Waals surface area contributed by atoms with Gasteiger partial charge in [0.2, 0.25) is 5.91 Å². The Balaban J connectivity index is 1.67. The van der Waals surface area contributed by atoms with Crippen molar-refractivity contribution < 1.29 is 19.5 Å². The number of carboxylic acid groups (broad SMARTS) is 1. The van der Waals surface area contributed by atoms with Crippen LogP contribution in [-0.4, -0.2) is 28.1 Å². The Morgan fingerprint density at radius 2 is 1.62 bits per heavy atom. The molecule has 0 aliphatic heterocycles. The molecule has 0 saturated heterocycles. The molecule has 164 valence electrons. The molecule has 1 atom stereocenters. The highest BCUT2D eigenvalue weighted by atomic mass is 32.2. The first-order valence-corrected chi connectivity index (χ1v) is 10.9. The van der Waals surface area contributed by atoms with Crippen molar-refractivity contribution >= 4 is 40.9 Å². The fourth-order valence-corrected chi connectivity index (χ4v) is 3.98. The lowest BCUT2D eigenvalue weighted by Gasteiger charge is -2.15. The lowest BCUT2D eigenvalue weighted by molar-refractivity contribution is -0.115. The normalized spacial score (nSPS) is 11.5. The van der Waals surface area contributed by atoms with E-state index in [9.17, 15) is 14.4 Å². The average molecular weight is 449 g/mol. The number of carbonyl (C=O) groups excluding carboxylic acids is 2. The molecule has 0 aliphatic carbocycles. The summed E-state index contributed by atoms with van der Waals surface area (Å²) in [6.45, 7) is 5.46. The molecule has 0 aliphatic rings. The predicted molar refractivity (Wildman–Crippen MR) is 128 cm³/mol. The second-order valence-electron chi connectivity index (χ2n) is 7.38. The second kappa shape index (κ2) is 10.2. The van der Waals surface area contributed by atoms with Gasteiger partial charge in [-0.1, -0.05) is 30.3 Å². The van der Waals surface area contributed by atoms with E-state index in [2.05, 4.69) is 10.6 Å². The van der Waals surface area contributed by atoms with Crippen LogP contribution in [0.25, 0.3) is 0 Å².